The van der Waals surface area contributed by atoms with Crippen LogP contribution in [-0.4, -0.2) is 63.2 Å². The molecule has 170 valence electrons. The number of rotatable bonds is 5. The van der Waals surface area contributed by atoms with E-state index < -0.39 is 23.4 Å². The van der Waals surface area contributed by atoms with Crippen LogP contribution in [0.5, 0.6) is 0 Å². The Labute approximate surface area is 185 Å². The third-order valence-electron chi connectivity index (χ3n) is 5.94. The molecule has 0 saturated carbocycles. The summed E-state index contributed by atoms with van der Waals surface area (Å²) in [5, 5.41) is 4.78. The maximum absolute atomic E-state index is 13.8. The maximum atomic E-state index is 13.8. The van der Waals surface area contributed by atoms with Crippen molar-refractivity contribution in [1.82, 2.24) is 10.2 Å². The molecule has 2 aromatic rings. The monoisotopic (exact) mass is 444 g/mol. The predicted octanol–water partition coefficient (Wildman–Crippen LogP) is 2.09. The van der Waals surface area contributed by atoms with Crippen LogP contribution in [0.2, 0.25) is 0 Å². The lowest BCUT2D eigenvalue weighted by Crippen LogP contribution is -2.45. The third kappa shape index (κ3) is 4.89. The summed E-state index contributed by atoms with van der Waals surface area (Å²) >= 11 is 0. The van der Waals surface area contributed by atoms with Gasteiger partial charge < -0.3 is 20.3 Å². The molecule has 7 nitrogen and oxygen atoms in total. The highest BCUT2D eigenvalue weighted by Gasteiger charge is 2.26. The van der Waals surface area contributed by atoms with Crippen molar-refractivity contribution in [2.75, 3.05) is 56.7 Å². The van der Waals surface area contributed by atoms with Crippen LogP contribution in [0.15, 0.2) is 36.4 Å². The Morgan fingerprint density at radius 2 is 1.84 bits per heavy atom. The Hall–Kier alpha value is -3.04. The van der Waals surface area contributed by atoms with E-state index in [0.717, 1.165) is 36.7 Å². The van der Waals surface area contributed by atoms with Gasteiger partial charge >= 0.3 is 11.8 Å². The number of nitrogens with one attached hydrogen (secondary N) is 2. The van der Waals surface area contributed by atoms with Gasteiger partial charge in [-0.3, -0.25) is 14.5 Å². The second-order valence-electron chi connectivity index (χ2n) is 8.01. The minimum absolute atomic E-state index is 0.141. The minimum atomic E-state index is -1.05. The molecule has 0 radical (unpaired) electrons. The SMILES string of the molecule is CN1CCc2cc([C@H](CNC(=O)C(=O)Nc3cc(F)ccc3F)N3CCOCC3)ccc21. The summed E-state index contributed by atoms with van der Waals surface area (Å²) < 4.78 is 32.6. The largest absolute Gasteiger partial charge is 0.379 e. The Balaban J connectivity index is 1.46. The lowest BCUT2D eigenvalue weighted by Gasteiger charge is -2.35. The smallest absolute Gasteiger partial charge is 0.313 e. The number of ether oxygens (including phenoxy) is 1. The molecular weight excluding hydrogens is 418 g/mol. The lowest BCUT2D eigenvalue weighted by atomic mass is 10.0. The van der Waals surface area contributed by atoms with Gasteiger partial charge in [0.15, 0.2) is 0 Å². The topological polar surface area (TPSA) is 73.9 Å². The number of amides is 2. The number of carbonyl (C=O) groups excluding carboxylic acids is 2. The molecule has 2 aliphatic heterocycles. The van der Waals surface area contributed by atoms with E-state index in [0.29, 0.717) is 26.3 Å². The number of nitrogens with zero attached hydrogens (tertiary/aromatic N) is 2. The molecule has 0 aliphatic carbocycles. The molecule has 2 amide bonds. The van der Waals surface area contributed by atoms with E-state index in [9.17, 15) is 18.4 Å². The zero-order valence-electron chi connectivity index (χ0n) is 17.9. The van der Waals surface area contributed by atoms with Crippen molar-refractivity contribution in [3.63, 3.8) is 0 Å². The number of anilines is 2. The number of halogens is 2. The van der Waals surface area contributed by atoms with Crippen LogP contribution < -0.4 is 15.5 Å². The second-order valence-corrected chi connectivity index (χ2v) is 8.01. The normalized spacial score (nSPS) is 17.0. The van der Waals surface area contributed by atoms with Crippen molar-refractivity contribution in [3.05, 3.63) is 59.2 Å². The zero-order chi connectivity index (χ0) is 22.7. The van der Waals surface area contributed by atoms with Crippen LogP contribution in [-0.2, 0) is 20.7 Å². The van der Waals surface area contributed by atoms with Gasteiger partial charge in [-0.15, -0.1) is 0 Å². The van der Waals surface area contributed by atoms with Gasteiger partial charge in [0, 0.05) is 45.0 Å². The van der Waals surface area contributed by atoms with Crippen molar-refractivity contribution in [1.29, 1.82) is 0 Å². The summed E-state index contributed by atoms with van der Waals surface area (Å²) in [4.78, 5) is 29.1. The summed E-state index contributed by atoms with van der Waals surface area (Å²) in [6.45, 7) is 3.77. The summed E-state index contributed by atoms with van der Waals surface area (Å²) in [5.74, 6) is -3.49. The van der Waals surface area contributed by atoms with E-state index in [1.807, 2.05) is 0 Å². The Kier molecular flexibility index (Phi) is 6.66. The van der Waals surface area contributed by atoms with Crippen LogP contribution in [0.25, 0.3) is 0 Å². The standard InChI is InChI=1S/C23H26F2N4O3/c1-28-7-6-16-12-15(2-5-20(16)28)21(29-8-10-32-11-9-29)14-26-22(30)23(31)27-19-13-17(24)3-4-18(19)25/h2-5,12-13,21H,6-11,14H2,1H3,(H,26,30)(H,27,31)/t21-/m0/s1. The van der Waals surface area contributed by atoms with Crippen molar-refractivity contribution in [3.8, 4) is 0 Å². The second kappa shape index (κ2) is 9.62. The fraction of sp³-hybridized carbons (Fsp3) is 0.391. The molecule has 1 atom stereocenters. The molecule has 2 N–H and O–H groups in total. The number of hydrogen-bond donors (Lipinski definition) is 2. The molecule has 0 unspecified atom stereocenters. The van der Waals surface area contributed by atoms with Crippen LogP contribution in [0, 0.1) is 11.6 Å². The number of likely N-dealkylation sites (N-methyl/N-ethyl adjacent to an activating group) is 1. The van der Waals surface area contributed by atoms with Crippen molar-refractivity contribution < 1.29 is 23.1 Å². The van der Waals surface area contributed by atoms with Gasteiger partial charge in [0.2, 0.25) is 0 Å². The molecule has 0 bridgehead atoms. The minimum Gasteiger partial charge on any atom is -0.379 e. The predicted molar refractivity (Wildman–Crippen MR) is 117 cm³/mol. The molecule has 1 fully saturated rings. The number of morpholine rings is 1. The first kappa shape index (κ1) is 22.2. The molecule has 2 aromatic carbocycles. The first-order chi connectivity index (χ1) is 15.4. The quantitative estimate of drug-likeness (QED) is 0.691. The van der Waals surface area contributed by atoms with E-state index in [-0.39, 0.29) is 18.3 Å². The molecule has 0 aromatic heterocycles. The van der Waals surface area contributed by atoms with Gasteiger partial charge in [-0.1, -0.05) is 12.1 Å². The first-order valence-electron chi connectivity index (χ1n) is 10.6. The van der Waals surface area contributed by atoms with Crippen molar-refractivity contribution in [2.45, 2.75) is 12.5 Å². The first-order valence-corrected chi connectivity index (χ1v) is 10.6. The van der Waals surface area contributed by atoms with E-state index in [4.69, 9.17) is 4.74 Å². The highest BCUT2D eigenvalue weighted by molar-refractivity contribution is 6.39. The van der Waals surface area contributed by atoms with Crippen molar-refractivity contribution >= 4 is 23.2 Å². The highest BCUT2D eigenvalue weighted by atomic mass is 19.1. The van der Waals surface area contributed by atoms with Gasteiger partial charge in [0.1, 0.15) is 11.6 Å². The van der Waals surface area contributed by atoms with E-state index in [2.05, 4.69) is 45.7 Å². The third-order valence-corrected chi connectivity index (χ3v) is 5.94. The van der Waals surface area contributed by atoms with Crippen LogP contribution in [0.1, 0.15) is 17.2 Å². The molecule has 32 heavy (non-hydrogen) atoms. The fourth-order valence-electron chi connectivity index (χ4n) is 4.18. The van der Waals surface area contributed by atoms with Gasteiger partial charge in [-0.25, -0.2) is 8.78 Å². The van der Waals surface area contributed by atoms with Crippen LogP contribution in [0.4, 0.5) is 20.2 Å². The van der Waals surface area contributed by atoms with Crippen LogP contribution in [0.3, 0.4) is 0 Å². The molecule has 9 heteroatoms. The molecule has 0 spiro atoms. The summed E-state index contributed by atoms with van der Waals surface area (Å²) in [6, 6.07) is 8.82. The van der Waals surface area contributed by atoms with E-state index in [1.165, 1.54) is 11.3 Å². The molecular formula is C23H26F2N4O3. The van der Waals surface area contributed by atoms with Gasteiger partial charge in [0.05, 0.1) is 24.9 Å². The highest BCUT2D eigenvalue weighted by Crippen LogP contribution is 2.31. The molecule has 4 rings (SSSR count). The fourth-order valence-corrected chi connectivity index (χ4v) is 4.18. The molecule has 2 aliphatic rings. The lowest BCUT2D eigenvalue weighted by molar-refractivity contribution is -0.136. The van der Waals surface area contributed by atoms with E-state index in [1.54, 1.807) is 0 Å². The van der Waals surface area contributed by atoms with E-state index >= 15 is 0 Å². The molecule has 1 saturated heterocycles. The zero-order valence-corrected chi connectivity index (χ0v) is 17.9. The van der Waals surface area contributed by atoms with Crippen LogP contribution >= 0.6 is 0 Å². The summed E-state index contributed by atoms with van der Waals surface area (Å²) in [5.41, 5.74) is 3.14. The summed E-state index contributed by atoms with van der Waals surface area (Å²) in [7, 11) is 2.06. The van der Waals surface area contributed by atoms with Crippen molar-refractivity contribution in [2.24, 2.45) is 0 Å². The maximum Gasteiger partial charge on any atom is 0.313 e. The van der Waals surface area contributed by atoms with Gasteiger partial charge in [0.25, 0.3) is 0 Å². The number of carbonyl (C=O) groups is 2. The Bertz CT molecular complexity index is 1010. The number of hydrogen-bond acceptors (Lipinski definition) is 5. The number of benzene rings is 2. The molecule has 2 heterocycles. The average molecular weight is 444 g/mol. The Morgan fingerprint density at radius 1 is 1.06 bits per heavy atom. The average Bonchev–Trinajstić information content (AvgIpc) is 3.17. The van der Waals surface area contributed by atoms with Gasteiger partial charge in [-0.05, 0) is 35.7 Å². The summed E-state index contributed by atoms with van der Waals surface area (Å²) in [6.07, 6.45) is 0.962. The number of fused-ring (bicyclic) bond motifs is 1. The Morgan fingerprint density at radius 3 is 2.62 bits per heavy atom. The van der Waals surface area contributed by atoms with Gasteiger partial charge in [-0.2, -0.15) is 0 Å².